The molecule has 0 radical (unpaired) electrons. The van der Waals surface area contributed by atoms with Gasteiger partial charge in [-0.05, 0) is 25.8 Å². The smallest absolute Gasteiger partial charge is 0.124 e. The van der Waals surface area contributed by atoms with E-state index in [-0.39, 0.29) is 0 Å². The predicted octanol–water partition coefficient (Wildman–Crippen LogP) is 1.66. The average molecular weight is 265 g/mol. The standard InChI is InChI=1S/C15H23NO3/c1-14(17,12-6-3-4-7-13(12)18-2)15(10-16)8-5-9-19-11-15/h3-4,6-7,17H,5,8-11,16H2,1-2H3. The van der Waals surface area contributed by atoms with Gasteiger partial charge in [0.15, 0.2) is 0 Å². The molecule has 1 aromatic carbocycles. The molecule has 0 spiro atoms. The van der Waals surface area contributed by atoms with Crippen molar-refractivity contribution in [2.75, 3.05) is 26.9 Å². The maximum absolute atomic E-state index is 11.1. The zero-order chi connectivity index (χ0) is 13.9. The van der Waals surface area contributed by atoms with Gasteiger partial charge in [0.05, 0.1) is 19.3 Å². The number of hydrogen-bond donors (Lipinski definition) is 2. The number of benzene rings is 1. The Morgan fingerprint density at radius 2 is 2.21 bits per heavy atom. The molecule has 106 valence electrons. The van der Waals surface area contributed by atoms with Crippen LogP contribution in [0.1, 0.15) is 25.3 Å². The summed E-state index contributed by atoms with van der Waals surface area (Å²) in [6.45, 7) is 3.42. The van der Waals surface area contributed by atoms with Gasteiger partial charge in [-0.25, -0.2) is 0 Å². The van der Waals surface area contributed by atoms with Crippen molar-refractivity contribution < 1.29 is 14.6 Å². The fourth-order valence-corrected chi connectivity index (χ4v) is 2.93. The van der Waals surface area contributed by atoms with Gasteiger partial charge in [-0.3, -0.25) is 0 Å². The molecule has 2 unspecified atom stereocenters. The highest BCUT2D eigenvalue weighted by Gasteiger charge is 2.49. The third-order valence-corrected chi connectivity index (χ3v) is 4.38. The lowest BCUT2D eigenvalue weighted by Crippen LogP contribution is -2.53. The van der Waals surface area contributed by atoms with Gasteiger partial charge in [-0.2, -0.15) is 0 Å². The lowest BCUT2D eigenvalue weighted by Gasteiger charge is -2.47. The number of methoxy groups -OCH3 is 1. The van der Waals surface area contributed by atoms with E-state index in [1.54, 1.807) is 7.11 Å². The molecule has 0 amide bonds. The van der Waals surface area contributed by atoms with Crippen LogP contribution in [0.3, 0.4) is 0 Å². The van der Waals surface area contributed by atoms with E-state index in [9.17, 15) is 5.11 Å². The second kappa shape index (κ2) is 5.49. The highest BCUT2D eigenvalue weighted by molar-refractivity contribution is 5.39. The summed E-state index contributed by atoms with van der Waals surface area (Å²) in [5, 5.41) is 11.1. The summed E-state index contributed by atoms with van der Waals surface area (Å²) in [6.07, 6.45) is 1.77. The molecule has 1 aromatic rings. The van der Waals surface area contributed by atoms with Crippen LogP contribution in [0.4, 0.5) is 0 Å². The third kappa shape index (κ3) is 2.36. The molecular weight excluding hydrogens is 242 g/mol. The summed E-state index contributed by atoms with van der Waals surface area (Å²) in [7, 11) is 1.61. The highest BCUT2D eigenvalue weighted by Crippen LogP contribution is 2.47. The van der Waals surface area contributed by atoms with E-state index >= 15 is 0 Å². The van der Waals surface area contributed by atoms with Crippen molar-refractivity contribution in [1.82, 2.24) is 0 Å². The van der Waals surface area contributed by atoms with Crippen molar-refractivity contribution in [3.8, 4) is 5.75 Å². The average Bonchev–Trinajstić information content (AvgIpc) is 2.47. The van der Waals surface area contributed by atoms with Crippen molar-refractivity contribution >= 4 is 0 Å². The maximum Gasteiger partial charge on any atom is 0.124 e. The molecule has 0 aromatic heterocycles. The van der Waals surface area contributed by atoms with Gasteiger partial charge in [0.2, 0.25) is 0 Å². The van der Waals surface area contributed by atoms with Crippen LogP contribution in [-0.2, 0) is 10.3 Å². The van der Waals surface area contributed by atoms with E-state index in [0.717, 1.165) is 25.0 Å². The minimum atomic E-state index is -1.07. The molecule has 1 saturated heterocycles. The SMILES string of the molecule is COc1ccccc1C(C)(O)C1(CN)CCCOC1. The Morgan fingerprint density at radius 3 is 2.79 bits per heavy atom. The molecule has 1 aliphatic rings. The monoisotopic (exact) mass is 265 g/mol. The van der Waals surface area contributed by atoms with Crippen LogP contribution in [0.5, 0.6) is 5.75 Å². The molecule has 3 N–H and O–H groups in total. The molecule has 0 bridgehead atoms. The summed E-state index contributed by atoms with van der Waals surface area (Å²) in [6, 6.07) is 7.55. The van der Waals surface area contributed by atoms with E-state index in [0.29, 0.717) is 18.9 Å². The second-order valence-corrected chi connectivity index (χ2v) is 5.41. The van der Waals surface area contributed by atoms with E-state index in [1.807, 2.05) is 31.2 Å². The fraction of sp³-hybridized carbons (Fsp3) is 0.600. The molecule has 2 atom stereocenters. The van der Waals surface area contributed by atoms with Crippen LogP contribution in [0.15, 0.2) is 24.3 Å². The van der Waals surface area contributed by atoms with Gasteiger partial charge in [0.1, 0.15) is 5.75 Å². The summed E-state index contributed by atoms with van der Waals surface area (Å²) in [5.74, 6) is 0.686. The van der Waals surface area contributed by atoms with Crippen LogP contribution in [0, 0.1) is 5.41 Å². The Labute approximate surface area is 114 Å². The number of para-hydroxylation sites is 1. The van der Waals surface area contributed by atoms with Crippen molar-refractivity contribution in [3.63, 3.8) is 0 Å². The first-order chi connectivity index (χ1) is 9.07. The predicted molar refractivity (Wildman–Crippen MR) is 74.1 cm³/mol. The van der Waals surface area contributed by atoms with Gasteiger partial charge >= 0.3 is 0 Å². The summed E-state index contributed by atoms with van der Waals surface area (Å²) in [4.78, 5) is 0. The quantitative estimate of drug-likeness (QED) is 0.869. The Morgan fingerprint density at radius 1 is 1.47 bits per heavy atom. The zero-order valence-electron chi connectivity index (χ0n) is 11.7. The van der Waals surface area contributed by atoms with Gasteiger partial charge in [-0.1, -0.05) is 18.2 Å². The van der Waals surface area contributed by atoms with Crippen LogP contribution < -0.4 is 10.5 Å². The van der Waals surface area contributed by atoms with Gasteiger partial charge in [-0.15, -0.1) is 0 Å². The van der Waals surface area contributed by atoms with Crippen molar-refractivity contribution in [2.24, 2.45) is 11.1 Å². The lowest BCUT2D eigenvalue weighted by molar-refractivity contribution is -0.140. The minimum Gasteiger partial charge on any atom is -0.496 e. The molecule has 1 fully saturated rings. The van der Waals surface area contributed by atoms with Crippen LogP contribution in [-0.4, -0.2) is 32.0 Å². The Hall–Kier alpha value is -1.10. The Balaban J connectivity index is 2.44. The molecule has 4 heteroatoms. The second-order valence-electron chi connectivity index (χ2n) is 5.41. The van der Waals surface area contributed by atoms with Crippen LogP contribution in [0.2, 0.25) is 0 Å². The summed E-state index contributed by atoms with van der Waals surface area (Å²) >= 11 is 0. The van der Waals surface area contributed by atoms with Crippen molar-refractivity contribution in [1.29, 1.82) is 0 Å². The Bertz CT molecular complexity index is 425. The minimum absolute atomic E-state index is 0.387. The topological polar surface area (TPSA) is 64.7 Å². The zero-order valence-corrected chi connectivity index (χ0v) is 11.7. The Kier molecular flexibility index (Phi) is 4.13. The summed E-state index contributed by atoms with van der Waals surface area (Å²) in [5.41, 5.74) is 5.21. The first kappa shape index (κ1) is 14.3. The molecule has 1 aliphatic heterocycles. The molecule has 0 saturated carbocycles. The molecule has 0 aliphatic carbocycles. The van der Waals surface area contributed by atoms with Gasteiger partial charge in [0, 0.05) is 24.1 Å². The molecule has 1 heterocycles. The van der Waals surface area contributed by atoms with E-state index in [4.69, 9.17) is 15.2 Å². The number of ether oxygens (including phenoxy) is 2. The number of rotatable bonds is 4. The molecular formula is C15H23NO3. The number of nitrogens with two attached hydrogens (primary N) is 1. The number of aliphatic hydroxyl groups is 1. The van der Waals surface area contributed by atoms with Crippen LogP contribution in [0.25, 0.3) is 0 Å². The van der Waals surface area contributed by atoms with Crippen LogP contribution >= 0.6 is 0 Å². The third-order valence-electron chi connectivity index (χ3n) is 4.38. The first-order valence-corrected chi connectivity index (χ1v) is 6.71. The largest absolute Gasteiger partial charge is 0.496 e. The summed E-state index contributed by atoms with van der Waals surface area (Å²) < 4.78 is 10.9. The molecule has 19 heavy (non-hydrogen) atoms. The van der Waals surface area contributed by atoms with Gasteiger partial charge < -0.3 is 20.3 Å². The van der Waals surface area contributed by atoms with E-state index in [1.165, 1.54) is 0 Å². The van der Waals surface area contributed by atoms with Crippen molar-refractivity contribution in [3.05, 3.63) is 29.8 Å². The normalized spacial score (nSPS) is 26.7. The van der Waals surface area contributed by atoms with Crippen molar-refractivity contribution in [2.45, 2.75) is 25.4 Å². The molecule has 2 rings (SSSR count). The number of hydrogen-bond acceptors (Lipinski definition) is 4. The fourth-order valence-electron chi connectivity index (χ4n) is 2.93. The maximum atomic E-state index is 11.1. The van der Waals surface area contributed by atoms with Gasteiger partial charge in [0.25, 0.3) is 0 Å². The lowest BCUT2D eigenvalue weighted by atomic mass is 9.66. The first-order valence-electron chi connectivity index (χ1n) is 6.71. The van der Waals surface area contributed by atoms with E-state index in [2.05, 4.69) is 0 Å². The van der Waals surface area contributed by atoms with E-state index < -0.39 is 11.0 Å². The molecule has 4 nitrogen and oxygen atoms in total. The highest BCUT2D eigenvalue weighted by atomic mass is 16.5.